The number of benzene rings is 1. The molecule has 0 saturated carbocycles. The van der Waals surface area contributed by atoms with Crippen molar-refractivity contribution in [1.82, 2.24) is 5.32 Å². The van der Waals surface area contributed by atoms with Gasteiger partial charge in [0.2, 0.25) is 0 Å². The van der Waals surface area contributed by atoms with E-state index in [0.29, 0.717) is 5.02 Å². The average Bonchev–Trinajstić information content (AvgIpc) is 2.42. The van der Waals surface area contributed by atoms with Crippen LogP contribution in [0, 0.1) is 0 Å². The summed E-state index contributed by atoms with van der Waals surface area (Å²) in [5.41, 5.74) is 0.963. The summed E-state index contributed by atoms with van der Waals surface area (Å²) >= 11 is 5.79. The highest BCUT2D eigenvalue weighted by atomic mass is 35.5. The van der Waals surface area contributed by atoms with Crippen LogP contribution in [0.2, 0.25) is 5.02 Å². The molecule has 1 aliphatic heterocycles. The molecule has 1 fully saturated rings. The molecule has 1 heterocycles. The third-order valence-corrected chi connectivity index (χ3v) is 5.70. The highest BCUT2D eigenvalue weighted by molar-refractivity contribution is 7.92. The maximum Gasteiger partial charge on any atom is 0.156 e. The fraction of sp³-hybridized carbons (Fsp3) is 0.429. The number of halogens is 1. The largest absolute Gasteiger partial charge is 0.317 e. The van der Waals surface area contributed by atoms with Crippen LogP contribution in [-0.4, -0.2) is 32.5 Å². The summed E-state index contributed by atoms with van der Waals surface area (Å²) in [6.45, 7) is 1.59. The van der Waals surface area contributed by atoms with E-state index >= 15 is 0 Å². The minimum Gasteiger partial charge on any atom is -0.317 e. The molecule has 104 valence electrons. The van der Waals surface area contributed by atoms with Gasteiger partial charge in [-0.25, -0.2) is 8.42 Å². The predicted octanol–water partition coefficient (Wildman–Crippen LogP) is 2.52. The van der Waals surface area contributed by atoms with Crippen molar-refractivity contribution in [3.05, 3.63) is 40.9 Å². The Bertz CT molecular complexity index is 531. The molecular formula is C14H18ClNO2S. The molecule has 0 bridgehead atoms. The normalized spacial score (nSPS) is 17.9. The van der Waals surface area contributed by atoms with Crippen LogP contribution >= 0.6 is 11.6 Å². The molecule has 0 aromatic heterocycles. The van der Waals surface area contributed by atoms with E-state index in [4.69, 9.17) is 11.6 Å². The SMILES string of the molecule is O=S(=O)(CC=Cc1ccc(Cl)cc1)C1CCNCC1. The minimum absolute atomic E-state index is 0.111. The van der Waals surface area contributed by atoms with Gasteiger partial charge >= 0.3 is 0 Å². The molecular weight excluding hydrogens is 282 g/mol. The first-order chi connectivity index (χ1) is 9.08. The van der Waals surface area contributed by atoms with Gasteiger partial charge in [-0.15, -0.1) is 0 Å². The second kappa shape index (κ2) is 6.55. The molecule has 1 aliphatic rings. The van der Waals surface area contributed by atoms with Gasteiger partial charge in [0.1, 0.15) is 0 Å². The van der Waals surface area contributed by atoms with Gasteiger partial charge in [0.15, 0.2) is 9.84 Å². The molecule has 1 saturated heterocycles. The minimum atomic E-state index is -3.01. The van der Waals surface area contributed by atoms with Crippen molar-refractivity contribution in [2.75, 3.05) is 18.8 Å². The Morgan fingerprint density at radius 2 is 1.84 bits per heavy atom. The van der Waals surface area contributed by atoms with E-state index in [9.17, 15) is 8.42 Å². The Hall–Kier alpha value is -0.840. The first-order valence-corrected chi connectivity index (χ1v) is 8.52. The Balaban J connectivity index is 1.95. The van der Waals surface area contributed by atoms with Gasteiger partial charge in [-0.2, -0.15) is 0 Å². The zero-order valence-corrected chi connectivity index (χ0v) is 12.3. The molecule has 1 aromatic carbocycles. The molecule has 2 rings (SSSR count). The number of piperidine rings is 1. The maximum absolute atomic E-state index is 12.1. The lowest BCUT2D eigenvalue weighted by molar-refractivity contribution is 0.498. The highest BCUT2D eigenvalue weighted by Crippen LogP contribution is 2.15. The molecule has 3 nitrogen and oxygen atoms in total. The lowest BCUT2D eigenvalue weighted by atomic mass is 10.2. The lowest BCUT2D eigenvalue weighted by Gasteiger charge is -2.21. The zero-order chi connectivity index (χ0) is 13.7. The Kier molecular flexibility index (Phi) is 5.02. The van der Waals surface area contributed by atoms with Crippen molar-refractivity contribution in [1.29, 1.82) is 0 Å². The van der Waals surface area contributed by atoms with Crippen molar-refractivity contribution in [2.24, 2.45) is 0 Å². The number of nitrogens with one attached hydrogen (secondary N) is 1. The van der Waals surface area contributed by atoms with E-state index in [1.54, 1.807) is 18.2 Å². The van der Waals surface area contributed by atoms with Gasteiger partial charge in [-0.1, -0.05) is 35.9 Å². The molecule has 19 heavy (non-hydrogen) atoms. The summed E-state index contributed by atoms with van der Waals surface area (Å²) in [7, 11) is -3.01. The fourth-order valence-corrected chi connectivity index (χ4v) is 3.90. The molecule has 0 atom stereocenters. The smallest absolute Gasteiger partial charge is 0.156 e. The number of rotatable bonds is 4. The number of sulfone groups is 1. The average molecular weight is 300 g/mol. The maximum atomic E-state index is 12.1. The topological polar surface area (TPSA) is 46.2 Å². The number of hydrogen-bond acceptors (Lipinski definition) is 3. The van der Waals surface area contributed by atoms with Gasteiger partial charge < -0.3 is 5.32 Å². The van der Waals surface area contributed by atoms with E-state index < -0.39 is 9.84 Å². The first kappa shape index (κ1) is 14.6. The third-order valence-electron chi connectivity index (χ3n) is 3.30. The van der Waals surface area contributed by atoms with Crippen LogP contribution < -0.4 is 5.32 Å². The van der Waals surface area contributed by atoms with Crippen molar-refractivity contribution in [2.45, 2.75) is 18.1 Å². The van der Waals surface area contributed by atoms with Crippen molar-refractivity contribution in [3.63, 3.8) is 0 Å². The van der Waals surface area contributed by atoms with E-state index in [1.165, 1.54) is 0 Å². The van der Waals surface area contributed by atoms with E-state index in [2.05, 4.69) is 5.32 Å². The summed E-state index contributed by atoms with van der Waals surface area (Å²) in [5, 5.41) is 3.67. The van der Waals surface area contributed by atoms with Crippen LogP contribution in [0.4, 0.5) is 0 Å². The van der Waals surface area contributed by atoms with Crippen molar-refractivity contribution >= 4 is 27.5 Å². The third kappa shape index (κ3) is 4.34. The summed E-state index contributed by atoms with van der Waals surface area (Å²) in [5.74, 6) is 0.111. The summed E-state index contributed by atoms with van der Waals surface area (Å²) in [4.78, 5) is 0. The van der Waals surface area contributed by atoms with Gasteiger partial charge in [0, 0.05) is 5.02 Å². The van der Waals surface area contributed by atoms with Gasteiger partial charge in [-0.05, 0) is 43.6 Å². The summed E-state index contributed by atoms with van der Waals surface area (Å²) < 4.78 is 24.3. The van der Waals surface area contributed by atoms with E-state index in [1.807, 2.05) is 18.2 Å². The van der Waals surface area contributed by atoms with Crippen LogP contribution in [0.15, 0.2) is 30.3 Å². The highest BCUT2D eigenvalue weighted by Gasteiger charge is 2.25. The Morgan fingerprint density at radius 3 is 2.47 bits per heavy atom. The molecule has 0 unspecified atom stereocenters. The van der Waals surface area contributed by atoms with Gasteiger partial charge in [0.25, 0.3) is 0 Å². The van der Waals surface area contributed by atoms with Crippen molar-refractivity contribution < 1.29 is 8.42 Å². The fourth-order valence-electron chi connectivity index (χ4n) is 2.18. The molecule has 0 aliphatic carbocycles. The summed E-state index contributed by atoms with van der Waals surface area (Å²) in [6, 6.07) is 7.33. The zero-order valence-electron chi connectivity index (χ0n) is 10.7. The molecule has 0 radical (unpaired) electrons. The predicted molar refractivity (Wildman–Crippen MR) is 80.2 cm³/mol. The molecule has 5 heteroatoms. The van der Waals surface area contributed by atoms with Crippen LogP contribution in [0.25, 0.3) is 6.08 Å². The van der Waals surface area contributed by atoms with Crippen LogP contribution in [0.5, 0.6) is 0 Å². The van der Waals surface area contributed by atoms with Crippen LogP contribution in [0.1, 0.15) is 18.4 Å². The quantitative estimate of drug-likeness (QED) is 0.929. The van der Waals surface area contributed by atoms with Crippen LogP contribution in [-0.2, 0) is 9.84 Å². The molecule has 0 amide bonds. The van der Waals surface area contributed by atoms with Crippen LogP contribution in [0.3, 0.4) is 0 Å². The first-order valence-electron chi connectivity index (χ1n) is 6.42. The summed E-state index contributed by atoms with van der Waals surface area (Å²) in [6.07, 6.45) is 4.99. The van der Waals surface area contributed by atoms with Gasteiger partial charge in [-0.3, -0.25) is 0 Å². The number of hydrogen-bond donors (Lipinski definition) is 1. The second-order valence-electron chi connectivity index (χ2n) is 4.73. The standard InChI is InChI=1S/C14H18ClNO2S/c15-13-5-3-12(4-6-13)2-1-11-19(17,18)14-7-9-16-10-8-14/h1-6,14,16H,7-11H2. The molecule has 1 aromatic rings. The Morgan fingerprint density at radius 1 is 1.21 bits per heavy atom. The van der Waals surface area contributed by atoms with E-state index in [-0.39, 0.29) is 11.0 Å². The Labute approximate surface area is 119 Å². The van der Waals surface area contributed by atoms with Crippen molar-refractivity contribution in [3.8, 4) is 0 Å². The lowest BCUT2D eigenvalue weighted by Crippen LogP contribution is -2.36. The monoisotopic (exact) mass is 299 g/mol. The second-order valence-corrected chi connectivity index (χ2v) is 7.49. The van der Waals surface area contributed by atoms with Gasteiger partial charge in [0.05, 0.1) is 11.0 Å². The molecule has 1 N–H and O–H groups in total. The molecule has 0 spiro atoms. The van der Waals surface area contributed by atoms with E-state index in [0.717, 1.165) is 31.5 Å².